The van der Waals surface area contributed by atoms with Gasteiger partial charge in [0.05, 0.1) is 5.69 Å². The topological polar surface area (TPSA) is 48.5 Å². The molecule has 0 saturated heterocycles. The van der Waals surface area contributed by atoms with Crippen LogP contribution in [0.5, 0.6) is 0 Å². The van der Waals surface area contributed by atoms with Crippen molar-refractivity contribution in [2.75, 3.05) is 0 Å². The van der Waals surface area contributed by atoms with Crippen LogP contribution in [0.15, 0.2) is 67.1 Å². The number of hydrogen-bond acceptors (Lipinski definition) is 3. The zero-order valence-electron chi connectivity index (χ0n) is 11.3. The number of rotatable bonds is 3. The number of nitrogens with zero attached hydrogens (tertiary/aromatic N) is 5. The average Bonchev–Trinajstić information content (AvgIpc) is 3.19. The molecule has 4 aromatic rings. The fourth-order valence-corrected chi connectivity index (χ4v) is 2.51. The van der Waals surface area contributed by atoms with Gasteiger partial charge in [-0.1, -0.05) is 30.3 Å². The third kappa shape index (κ3) is 2.18. The SMILES string of the molecule is c1ccc2c(c1)ccn2Cc1ccc(-n2cnnn2)cc1. The average molecular weight is 275 g/mol. The molecule has 5 heteroatoms. The Hall–Kier alpha value is -2.95. The van der Waals surface area contributed by atoms with Crippen molar-refractivity contribution in [3.8, 4) is 5.69 Å². The molecule has 21 heavy (non-hydrogen) atoms. The van der Waals surface area contributed by atoms with E-state index in [0.717, 1.165) is 12.2 Å². The highest BCUT2D eigenvalue weighted by molar-refractivity contribution is 5.80. The Balaban J connectivity index is 1.63. The van der Waals surface area contributed by atoms with Crippen LogP contribution in [-0.2, 0) is 6.54 Å². The minimum Gasteiger partial charge on any atom is -0.343 e. The van der Waals surface area contributed by atoms with E-state index in [1.807, 2.05) is 12.1 Å². The van der Waals surface area contributed by atoms with Crippen molar-refractivity contribution < 1.29 is 0 Å². The van der Waals surface area contributed by atoms with Crippen LogP contribution in [0.2, 0.25) is 0 Å². The van der Waals surface area contributed by atoms with Gasteiger partial charge in [0.25, 0.3) is 0 Å². The van der Waals surface area contributed by atoms with Crippen molar-refractivity contribution in [3.63, 3.8) is 0 Å². The number of fused-ring (bicyclic) bond motifs is 1. The maximum atomic E-state index is 3.88. The van der Waals surface area contributed by atoms with E-state index in [0.29, 0.717) is 0 Å². The van der Waals surface area contributed by atoms with Gasteiger partial charge in [-0.3, -0.25) is 0 Å². The van der Waals surface area contributed by atoms with Gasteiger partial charge in [-0.15, -0.1) is 5.10 Å². The lowest BCUT2D eigenvalue weighted by molar-refractivity contribution is 0.786. The Morgan fingerprint density at radius 3 is 2.57 bits per heavy atom. The lowest BCUT2D eigenvalue weighted by atomic mass is 10.2. The smallest absolute Gasteiger partial charge is 0.143 e. The standard InChI is InChI=1S/C16H13N5/c1-2-4-16-14(3-1)9-10-20(16)11-13-5-7-15(8-6-13)21-12-17-18-19-21/h1-10,12H,11H2. The minimum atomic E-state index is 0.851. The van der Waals surface area contributed by atoms with Gasteiger partial charge in [-0.2, -0.15) is 0 Å². The van der Waals surface area contributed by atoms with Crippen molar-refractivity contribution in [2.45, 2.75) is 6.54 Å². The molecule has 4 rings (SSSR count). The maximum Gasteiger partial charge on any atom is 0.143 e. The first-order valence-corrected chi connectivity index (χ1v) is 6.76. The zero-order valence-corrected chi connectivity index (χ0v) is 11.3. The Morgan fingerprint density at radius 2 is 1.76 bits per heavy atom. The summed E-state index contributed by atoms with van der Waals surface area (Å²) in [6, 6.07) is 18.8. The molecule has 0 N–H and O–H groups in total. The lowest BCUT2D eigenvalue weighted by Crippen LogP contribution is -1.99. The van der Waals surface area contributed by atoms with E-state index in [2.05, 4.69) is 68.8 Å². The van der Waals surface area contributed by atoms with Crippen LogP contribution in [0, 0.1) is 0 Å². The predicted molar refractivity (Wildman–Crippen MR) is 80.2 cm³/mol. The van der Waals surface area contributed by atoms with Crippen molar-refractivity contribution >= 4 is 10.9 Å². The van der Waals surface area contributed by atoms with Crippen molar-refractivity contribution in [3.05, 3.63) is 72.7 Å². The molecule has 0 aliphatic rings. The summed E-state index contributed by atoms with van der Waals surface area (Å²) < 4.78 is 3.90. The molecule has 2 aromatic heterocycles. The first kappa shape index (κ1) is 11.8. The molecule has 0 aliphatic heterocycles. The van der Waals surface area contributed by atoms with Crippen molar-refractivity contribution in [1.82, 2.24) is 24.8 Å². The van der Waals surface area contributed by atoms with Crippen LogP contribution in [0.4, 0.5) is 0 Å². The maximum absolute atomic E-state index is 3.88. The first-order valence-electron chi connectivity index (χ1n) is 6.76. The molecule has 0 saturated carbocycles. The van der Waals surface area contributed by atoms with Gasteiger partial charge in [0.2, 0.25) is 0 Å². The van der Waals surface area contributed by atoms with E-state index in [4.69, 9.17) is 0 Å². The monoisotopic (exact) mass is 275 g/mol. The number of aromatic nitrogens is 5. The zero-order chi connectivity index (χ0) is 14.1. The van der Waals surface area contributed by atoms with Gasteiger partial charge in [0.1, 0.15) is 6.33 Å². The molecule has 0 spiro atoms. The Morgan fingerprint density at radius 1 is 0.905 bits per heavy atom. The van der Waals surface area contributed by atoms with Gasteiger partial charge >= 0.3 is 0 Å². The number of tetrazole rings is 1. The first-order chi connectivity index (χ1) is 10.4. The summed E-state index contributed by atoms with van der Waals surface area (Å²) in [5.74, 6) is 0. The summed E-state index contributed by atoms with van der Waals surface area (Å²) in [7, 11) is 0. The third-order valence-corrected chi connectivity index (χ3v) is 3.58. The molecular weight excluding hydrogens is 262 g/mol. The summed E-state index contributed by atoms with van der Waals surface area (Å²) in [6.45, 7) is 0.851. The molecule has 2 aromatic carbocycles. The molecule has 0 unspecified atom stereocenters. The van der Waals surface area contributed by atoms with Crippen LogP contribution in [0.3, 0.4) is 0 Å². The van der Waals surface area contributed by atoms with Crippen LogP contribution in [0.25, 0.3) is 16.6 Å². The summed E-state index contributed by atoms with van der Waals surface area (Å²) in [5.41, 5.74) is 3.45. The summed E-state index contributed by atoms with van der Waals surface area (Å²) in [6.07, 6.45) is 3.72. The Labute approximate surface area is 121 Å². The Kier molecular flexibility index (Phi) is 2.74. The number of hydrogen-bond donors (Lipinski definition) is 0. The van der Waals surface area contributed by atoms with E-state index < -0.39 is 0 Å². The Bertz CT molecular complexity index is 859. The second-order valence-electron chi connectivity index (χ2n) is 4.92. The largest absolute Gasteiger partial charge is 0.343 e. The molecule has 0 radical (unpaired) electrons. The summed E-state index contributed by atoms with van der Waals surface area (Å²) in [4.78, 5) is 0. The molecule has 0 atom stereocenters. The van der Waals surface area contributed by atoms with Crippen LogP contribution in [-0.4, -0.2) is 24.8 Å². The molecule has 102 valence electrons. The second-order valence-corrected chi connectivity index (χ2v) is 4.92. The highest BCUT2D eigenvalue weighted by atomic mass is 15.5. The third-order valence-electron chi connectivity index (χ3n) is 3.58. The van der Waals surface area contributed by atoms with Crippen molar-refractivity contribution in [1.29, 1.82) is 0 Å². The van der Waals surface area contributed by atoms with Gasteiger partial charge in [-0.25, -0.2) is 4.68 Å². The highest BCUT2D eigenvalue weighted by Crippen LogP contribution is 2.17. The van der Waals surface area contributed by atoms with Gasteiger partial charge in [0.15, 0.2) is 0 Å². The predicted octanol–water partition coefficient (Wildman–Crippen LogP) is 2.67. The molecular formula is C16H13N5. The van der Waals surface area contributed by atoms with E-state index >= 15 is 0 Å². The van der Waals surface area contributed by atoms with E-state index in [-0.39, 0.29) is 0 Å². The van der Waals surface area contributed by atoms with Crippen LogP contribution < -0.4 is 0 Å². The van der Waals surface area contributed by atoms with Crippen molar-refractivity contribution in [2.24, 2.45) is 0 Å². The van der Waals surface area contributed by atoms with Gasteiger partial charge in [-0.05, 0) is 45.6 Å². The molecule has 0 fully saturated rings. The van der Waals surface area contributed by atoms with Gasteiger partial charge in [0, 0.05) is 18.3 Å². The fourth-order valence-electron chi connectivity index (χ4n) is 2.51. The van der Waals surface area contributed by atoms with E-state index in [1.165, 1.54) is 16.5 Å². The van der Waals surface area contributed by atoms with E-state index in [9.17, 15) is 0 Å². The quantitative estimate of drug-likeness (QED) is 0.577. The van der Waals surface area contributed by atoms with Gasteiger partial charge < -0.3 is 4.57 Å². The molecule has 0 amide bonds. The summed E-state index contributed by atoms with van der Waals surface area (Å²) in [5, 5.41) is 12.4. The molecule has 5 nitrogen and oxygen atoms in total. The van der Waals surface area contributed by atoms with E-state index in [1.54, 1.807) is 11.0 Å². The number of benzene rings is 2. The van der Waals surface area contributed by atoms with Crippen LogP contribution >= 0.6 is 0 Å². The molecule has 0 bridgehead atoms. The molecule has 2 heterocycles. The minimum absolute atomic E-state index is 0.851. The second kappa shape index (κ2) is 4.86. The fraction of sp³-hybridized carbons (Fsp3) is 0.0625. The normalized spacial score (nSPS) is 11.0. The molecule has 0 aliphatic carbocycles. The number of para-hydroxylation sites is 1. The van der Waals surface area contributed by atoms with Crippen LogP contribution in [0.1, 0.15) is 5.56 Å². The summed E-state index contributed by atoms with van der Waals surface area (Å²) >= 11 is 0. The lowest BCUT2D eigenvalue weighted by Gasteiger charge is -2.07. The highest BCUT2D eigenvalue weighted by Gasteiger charge is 2.02.